The predicted octanol–water partition coefficient (Wildman–Crippen LogP) is 2.50. The topological polar surface area (TPSA) is 96.1 Å². The Hall–Kier alpha value is -2.00. The largest absolute Gasteiger partial charge is 0.369 e. The number of sulfonamides is 1. The van der Waals surface area contributed by atoms with Crippen LogP contribution >= 0.6 is 0 Å². The van der Waals surface area contributed by atoms with E-state index in [0.29, 0.717) is 50.4 Å². The Morgan fingerprint density at radius 2 is 1.93 bits per heavy atom. The van der Waals surface area contributed by atoms with Crippen LogP contribution in [0.15, 0.2) is 28.1 Å². The van der Waals surface area contributed by atoms with Gasteiger partial charge in [-0.3, -0.25) is 9.69 Å². The number of nitrogens with zero attached hydrogens (tertiary/aromatic N) is 3. The van der Waals surface area contributed by atoms with Crippen molar-refractivity contribution in [3.8, 4) is 0 Å². The highest BCUT2D eigenvalue weighted by molar-refractivity contribution is 7.89. The number of rotatable bonds is 6. The molecule has 2 aliphatic rings. The third-order valence-electron chi connectivity index (χ3n) is 5.93. The second-order valence-electron chi connectivity index (χ2n) is 9.01. The van der Waals surface area contributed by atoms with E-state index in [1.54, 1.807) is 11.8 Å². The molecule has 3 rings (SSSR count). The fourth-order valence-electron chi connectivity index (χ4n) is 4.44. The van der Waals surface area contributed by atoms with Gasteiger partial charge in [-0.15, -0.1) is 0 Å². The Bertz CT molecular complexity index is 955. The van der Waals surface area contributed by atoms with Gasteiger partial charge in [-0.25, -0.2) is 17.8 Å². The highest BCUT2D eigenvalue weighted by Gasteiger charge is 2.45. The van der Waals surface area contributed by atoms with Crippen LogP contribution in [0.3, 0.4) is 0 Å². The monoisotopic (exact) mass is 438 g/mol. The van der Waals surface area contributed by atoms with Crippen molar-refractivity contribution in [3.05, 3.63) is 29.6 Å². The third kappa shape index (κ3) is 4.37. The number of halogens is 1. The number of piperidine rings is 1. The SMILES string of the molecule is Cc1ccc(F)cc1S(=O)(=O)N1CCC(CN2C(=O)C(C)(CC(C)C)N=C2N)CC1. The van der Waals surface area contributed by atoms with Gasteiger partial charge < -0.3 is 5.73 Å². The summed E-state index contributed by atoms with van der Waals surface area (Å²) < 4.78 is 40.9. The highest BCUT2D eigenvalue weighted by Crippen LogP contribution is 2.31. The molecule has 2 N–H and O–H groups in total. The van der Waals surface area contributed by atoms with E-state index in [1.165, 1.54) is 16.4 Å². The summed E-state index contributed by atoms with van der Waals surface area (Å²) in [5.41, 5.74) is 5.76. The van der Waals surface area contributed by atoms with Gasteiger partial charge in [0.1, 0.15) is 11.4 Å². The number of amides is 1. The van der Waals surface area contributed by atoms with E-state index >= 15 is 0 Å². The summed E-state index contributed by atoms with van der Waals surface area (Å²) in [4.78, 5) is 18.9. The molecule has 1 atom stereocenters. The maximum absolute atomic E-state index is 13.6. The lowest BCUT2D eigenvalue weighted by atomic mass is 9.90. The quantitative estimate of drug-likeness (QED) is 0.738. The number of aliphatic imine (C=N–C) groups is 1. The molecular weight excluding hydrogens is 407 g/mol. The molecule has 0 aromatic heterocycles. The third-order valence-corrected chi connectivity index (χ3v) is 7.97. The first-order valence-electron chi connectivity index (χ1n) is 10.4. The minimum absolute atomic E-state index is 0.0106. The van der Waals surface area contributed by atoms with Crippen LogP contribution in [0.5, 0.6) is 0 Å². The first-order chi connectivity index (χ1) is 13.9. The maximum Gasteiger partial charge on any atom is 0.257 e. The van der Waals surface area contributed by atoms with Gasteiger partial charge in [-0.2, -0.15) is 4.31 Å². The average Bonchev–Trinajstić information content (AvgIpc) is 2.86. The first-order valence-corrected chi connectivity index (χ1v) is 11.8. The molecule has 7 nitrogen and oxygen atoms in total. The summed E-state index contributed by atoms with van der Waals surface area (Å²) in [6, 6.07) is 3.81. The van der Waals surface area contributed by atoms with Crippen LogP contribution in [0.25, 0.3) is 0 Å². The van der Waals surface area contributed by atoms with Crippen LogP contribution in [-0.2, 0) is 14.8 Å². The summed E-state index contributed by atoms with van der Waals surface area (Å²) in [6.45, 7) is 8.66. The molecule has 1 saturated heterocycles. The van der Waals surface area contributed by atoms with Gasteiger partial charge in [0.25, 0.3) is 5.91 Å². The van der Waals surface area contributed by atoms with Crippen LogP contribution in [0.4, 0.5) is 4.39 Å². The van der Waals surface area contributed by atoms with Crippen molar-refractivity contribution in [1.29, 1.82) is 0 Å². The summed E-state index contributed by atoms with van der Waals surface area (Å²) >= 11 is 0. The molecule has 1 amide bonds. The fourth-order valence-corrected chi connectivity index (χ4v) is 6.15. The molecule has 0 spiro atoms. The van der Waals surface area contributed by atoms with Crippen LogP contribution in [0.2, 0.25) is 0 Å². The van der Waals surface area contributed by atoms with E-state index in [9.17, 15) is 17.6 Å². The molecule has 1 aromatic rings. The van der Waals surface area contributed by atoms with Gasteiger partial charge in [0.15, 0.2) is 5.96 Å². The molecule has 0 saturated carbocycles. The number of carbonyl (C=O) groups is 1. The standard InChI is InChI=1S/C21H31FN4O3S/c1-14(2)12-21(4)19(27)26(20(23)24-21)13-16-7-9-25(10-8-16)30(28,29)18-11-17(22)6-5-15(18)3/h5-6,11,14,16H,7-10,12-13H2,1-4H3,(H2,23,24). The summed E-state index contributed by atoms with van der Waals surface area (Å²) in [5, 5.41) is 0. The number of carbonyl (C=O) groups excluding carboxylic acids is 1. The van der Waals surface area contributed by atoms with Gasteiger partial charge in [-0.05, 0) is 62.6 Å². The Labute approximate surface area is 178 Å². The molecule has 166 valence electrons. The van der Waals surface area contributed by atoms with E-state index in [2.05, 4.69) is 4.99 Å². The molecule has 0 aliphatic carbocycles. The van der Waals surface area contributed by atoms with Crippen molar-refractivity contribution < 1.29 is 17.6 Å². The van der Waals surface area contributed by atoms with E-state index in [4.69, 9.17) is 5.73 Å². The minimum atomic E-state index is -3.76. The molecule has 0 radical (unpaired) electrons. The van der Waals surface area contributed by atoms with E-state index in [1.807, 2.05) is 20.8 Å². The van der Waals surface area contributed by atoms with Gasteiger partial charge in [0.05, 0.1) is 4.90 Å². The number of benzene rings is 1. The maximum atomic E-state index is 13.6. The van der Waals surface area contributed by atoms with Crippen LogP contribution in [0.1, 0.15) is 45.6 Å². The second kappa shape index (κ2) is 8.26. The molecule has 9 heteroatoms. The van der Waals surface area contributed by atoms with Crippen LogP contribution < -0.4 is 5.73 Å². The lowest BCUT2D eigenvalue weighted by molar-refractivity contribution is -0.131. The highest BCUT2D eigenvalue weighted by atomic mass is 32.2. The summed E-state index contributed by atoms with van der Waals surface area (Å²) in [7, 11) is -3.76. The average molecular weight is 439 g/mol. The predicted molar refractivity (Wildman–Crippen MR) is 114 cm³/mol. The number of hydrogen-bond donors (Lipinski definition) is 1. The van der Waals surface area contributed by atoms with Gasteiger partial charge in [0.2, 0.25) is 10.0 Å². The first kappa shape index (κ1) is 22.7. The zero-order valence-corrected chi connectivity index (χ0v) is 18.9. The van der Waals surface area contributed by atoms with E-state index in [0.717, 1.165) is 6.07 Å². The van der Waals surface area contributed by atoms with Crippen molar-refractivity contribution >= 4 is 21.9 Å². The lowest BCUT2D eigenvalue weighted by Crippen LogP contribution is -2.47. The molecule has 2 aliphatic heterocycles. The van der Waals surface area contributed by atoms with Crippen LogP contribution in [0, 0.1) is 24.6 Å². The number of aryl methyl sites for hydroxylation is 1. The Morgan fingerprint density at radius 1 is 1.30 bits per heavy atom. The van der Waals surface area contributed by atoms with Crippen molar-refractivity contribution in [2.75, 3.05) is 19.6 Å². The van der Waals surface area contributed by atoms with Crippen molar-refractivity contribution in [2.45, 2.75) is 57.4 Å². The molecule has 1 fully saturated rings. The minimum Gasteiger partial charge on any atom is -0.369 e. The number of hydrogen-bond acceptors (Lipinski definition) is 5. The van der Waals surface area contributed by atoms with E-state index in [-0.39, 0.29) is 22.7 Å². The Kier molecular flexibility index (Phi) is 6.25. The van der Waals surface area contributed by atoms with Crippen molar-refractivity contribution in [2.24, 2.45) is 22.6 Å². The van der Waals surface area contributed by atoms with Gasteiger partial charge in [-0.1, -0.05) is 19.9 Å². The van der Waals surface area contributed by atoms with Gasteiger partial charge >= 0.3 is 0 Å². The Morgan fingerprint density at radius 3 is 2.53 bits per heavy atom. The van der Waals surface area contributed by atoms with Crippen molar-refractivity contribution in [3.63, 3.8) is 0 Å². The second-order valence-corrected chi connectivity index (χ2v) is 10.9. The molecule has 1 aromatic carbocycles. The number of guanidine groups is 1. The van der Waals surface area contributed by atoms with Gasteiger partial charge in [0, 0.05) is 19.6 Å². The molecule has 2 heterocycles. The summed E-state index contributed by atoms with van der Waals surface area (Å²) in [5.74, 6) is 0.0351. The molecular formula is C21H31FN4O3S. The zero-order chi connectivity index (χ0) is 22.3. The lowest BCUT2D eigenvalue weighted by Gasteiger charge is -2.33. The fraction of sp³-hybridized carbons (Fsp3) is 0.619. The normalized spacial score (nSPS) is 24.0. The molecule has 30 heavy (non-hydrogen) atoms. The smallest absolute Gasteiger partial charge is 0.257 e. The molecule has 0 bridgehead atoms. The number of nitrogens with two attached hydrogens (primary N) is 1. The van der Waals surface area contributed by atoms with Crippen LogP contribution in [-0.4, -0.2) is 54.7 Å². The van der Waals surface area contributed by atoms with Crippen molar-refractivity contribution in [1.82, 2.24) is 9.21 Å². The van der Waals surface area contributed by atoms with E-state index < -0.39 is 21.4 Å². The molecule has 1 unspecified atom stereocenters. The summed E-state index contributed by atoms with van der Waals surface area (Å²) in [6.07, 6.45) is 1.84. The zero-order valence-electron chi connectivity index (χ0n) is 18.1. The Balaban J connectivity index is 1.65.